The van der Waals surface area contributed by atoms with E-state index in [2.05, 4.69) is 10.1 Å². The summed E-state index contributed by atoms with van der Waals surface area (Å²) in [6, 6.07) is 10.9. The van der Waals surface area contributed by atoms with Crippen LogP contribution in [0.2, 0.25) is 0 Å². The van der Waals surface area contributed by atoms with Crippen LogP contribution >= 0.6 is 0 Å². The maximum absolute atomic E-state index is 12.1. The average Bonchev–Trinajstić information content (AvgIpc) is 3.33. The van der Waals surface area contributed by atoms with Gasteiger partial charge in [0.25, 0.3) is 0 Å². The molecule has 0 aliphatic rings. The standard InChI is InChI=1S/C17H14N4O3/c22-17(15-6-5-14(24-15)11-21-9-3-7-18-21)23-12-13-10-20-8-2-1-4-16(20)19-13/h1-10H,11-12H2. The third-order valence-corrected chi connectivity index (χ3v) is 3.50. The van der Waals surface area contributed by atoms with Crippen molar-refractivity contribution in [3.63, 3.8) is 0 Å². The molecule has 4 aromatic rings. The zero-order valence-corrected chi connectivity index (χ0v) is 12.7. The predicted molar refractivity (Wildman–Crippen MR) is 84.3 cm³/mol. The van der Waals surface area contributed by atoms with Gasteiger partial charge in [-0.05, 0) is 30.3 Å². The molecule has 7 nitrogen and oxygen atoms in total. The Morgan fingerprint density at radius 3 is 2.96 bits per heavy atom. The fourth-order valence-corrected chi connectivity index (χ4v) is 2.39. The lowest BCUT2D eigenvalue weighted by molar-refractivity contribution is 0.0429. The number of hydrogen-bond donors (Lipinski definition) is 0. The number of furan rings is 1. The Morgan fingerprint density at radius 2 is 2.12 bits per heavy atom. The van der Waals surface area contributed by atoms with Gasteiger partial charge in [-0.1, -0.05) is 6.07 Å². The molecule has 0 saturated carbocycles. The van der Waals surface area contributed by atoms with Crippen molar-refractivity contribution in [2.75, 3.05) is 0 Å². The third-order valence-electron chi connectivity index (χ3n) is 3.50. The molecule has 7 heteroatoms. The molecule has 4 rings (SSSR count). The summed E-state index contributed by atoms with van der Waals surface area (Å²) in [5.41, 5.74) is 1.49. The number of ether oxygens (including phenoxy) is 1. The lowest BCUT2D eigenvalue weighted by Gasteiger charge is -2.00. The van der Waals surface area contributed by atoms with Gasteiger partial charge >= 0.3 is 5.97 Å². The van der Waals surface area contributed by atoms with Crippen LogP contribution in [0.4, 0.5) is 0 Å². The number of nitrogens with zero attached hydrogens (tertiary/aromatic N) is 4. The van der Waals surface area contributed by atoms with Gasteiger partial charge in [0.05, 0.1) is 12.2 Å². The summed E-state index contributed by atoms with van der Waals surface area (Å²) in [5, 5.41) is 4.09. The molecule has 0 aliphatic carbocycles. The summed E-state index contributed by atoms with van der Waals surface area (Å²) in [5.74, 6) is 0.290. The second-order valence-corrected chi connectivity index (χ2v) is 5.24. The second kappa shape index (κ2) is 6.04. The van der Waals surface area contributed by atoms with Crippen molar-refractivity contribution in [1.82, 2.24) is 19.2 Å². The highest BCUT2D eigenvalue weighted by molar-refractivity contribution is 5.86. The summed E-state index contributed by atoms with van der Waals surface area (Å²) in [6.07, 6.45) is 7.23. The van der Waals surface area contributed by atoms with E-state index in [1.165, 1.54) is 0 Å². The van der Waals surface area contributed by atoms with Crippen LogP contribution in [0, 0.1) is 0 Å². The zero-order valence-electron chi connectivity index (χ0n) is 12.7. The van der Waals surface area contributed by atoms with Gasteiger partial charge in [0, 0.05) is 24.8 Å². The van der Waals surface area contributed by atoms with Crippen molar-refractivity contribution in [2.45, 2.75) is 13.2 Å². The number of hydrogen-bond acceptors (Lipinski definition) is 5. The number of pyridine rings is 1. The van der Waals surface area contributed by atoms with Crippen molar-refractivity contribution >= 4 is 11.6 Å². The SMILES string of the molecule is O=C(OCc1cn2ccccc2n1)c1ccc(Cn2cccn2)o1. The van der Waals surface area contributed by atoms with Crippen molar-refractivity contribution in [2.24, 2.45) is 0 Å². The minimum atomic E-state index is -0.515. The summed E-state index contributed by atoms with van der Waals surface area (Å²) in [4.78, 5) is 16.5. The highest BCUT2D eigenvalue weighted by Gasteiger charge is 2.14. The molecule has 0 saturated heterocycles. The van der Waals surface area contributed by atoms with Crippen LogP contribution in [0.15, 0.2) is 65.6 Å². The molecule has 0 radical (unpaired) electrons. The Morgan fingerprint density at radius 1 is 1.17 bits per heavy atom. The number of esters is 1. The van der Waals surface area contributed by atoms with E-state index in [-0.39, 0.29) is 12.4 Å². The van der Waals surface area contributed by atoms with Gasteiger partial charge in [0.2, 0.25) is 5.76 Å². The zero-order chi connectivity index (χ0) is 16.4. The molecule has 0 fully saturated rings. The van der Waals surface area contributed by atoms with Crippen LogP contribution in [0.25, 0.3) is 5.65 Å². The van der Waals surface area contributed by atoms with E-state index < -0.39 is 5.97 Å². The van der Waals surface area contributed by atoms with Gasteiger partial charge < -0.3 is 13.6 Å². The molecule has 120 valence electrons. The van der Waals surface area contributed by atoms with Crippen molar-refractivity contribution in [1.29, 1.82) is 0 Å². The molecule has 4 heterocycles. The van der Waals surface area contributed by atoms with E-state index in [9.17, 15) is 4.79 Å². The van der Waals surface area contributed by atoms with E-state index >= 15 is 0 Å². The fraction of sp³-hybridized carbons (Fsp3) is 0.118. The lowest BCUT2D eigenvalue weighted by Crippen LogP contribution is -2.04. The van der Waals surface area contributed by atoms with Crippen LogP contribution in [-0.4, -0.2) is 25.1 Å². The quantitative estimate of drug-likeness (QED) is 0.528. The Hall–Kier alpha value is -3.35. The predicted octanol–water partition coefficient (Wildman–Crippen LogP) is 2.53. The van der Waals surface area contributed by atoms with Crippen LogP contribution < -0.4 is 0 Å². The summed E-state index contributed by atoms with van der Waals surface area (Å²) in [6.45, 7) is 0.558. The summed E-state index contributed by atoms with van der Waals surface area (Å²) < 4.78 is 14.4. The van der Waals surface area contributed by atoms with Gasteiger partial charge in [-0.2, -0.15) is 5.10 Å². The Kier molecular flexibility index (Phi) is 3.59. The monoisotopic (exact) mass is 322 g/mol. The normalized spacial score (nSPS) is 11.0. The molecule has 24 heavy (non-hydrogen) atoms. The first-order chi connectivity index (χ1) is 11.8. The molecule has 0 amide bonds. The van der Waals surface area contributed by atoms with Crippen molar-refractivity contribution in [3.05, 3.63) is 78.4 Å². The maximum atomic E-state index is 12.1. The number of imidazole rings is 1. The van der Waals surface area contributed by atoms with Crippen molar-refractivity contribution < 1.29 is 13.9 Å². The van der Waals surface area contributed by atoms with Crippen LogP contribution in [0.3, 0.4) is 0 Å². The van der Waals surface area contributed by atoms with Gasteiger partial charge in [-0.3, -0.25) is 4.68 Å². The van der Waals surface area contributed by atoms with Gasteiger partial charge in [-0.15, -0.1) is 0 Å². The van der Waals surface area contributed by atoms with E-state index in [4.69, 9.17) is 9.15 Å². The molecule has 4 aromatic heterocycles. The number of carbonyl (C=O) groups excluding carboxylic acids is 1. The fourth-order valence-electron chi connectivity index (χ4n) is 2.39. The van der Waals surface area contributed by atoms with Gasteiger partial charge in [0.1, 0.15) is 18.0 Å². The molecule has 0 bridgehead atoms. The molecule has 0 aromatic carbocycles. The molecule has 0 atom stereocenters. The van der Waals surface area contributed by atoms with E-state index in [0.717, 1.165) is 5.65 Å². The summed E-state index contributed by atoms with van der Waals surface area (Å²) >= 11 is 0. The topological polar surface area (TPSA) is 74.6 Å². The summed E-state index contributed by atoms with van der Waals surface area (Å²) in [7, 11) is 0. The molecule has 0 aliphatic heterocycles. The van der Waals surface area contributed by atoms with E-state index in [1.807, 2.05) is 47.3 Å². The van der Waals surface area contributed by atoms with Crippen LogP contribution in [0.1, 0.15) is 22.0 Å². The van der Waals surface area contributed by atoms with E-state index in [0.29, 0.717) is 18.0 Å². The number of fused-ring (bicyclic) bond motifs is 1. The first kappa shape index (κ1) is 14.3. The highest BCUT2D eigenvalue weighted by Crippen LogP contribution is 2.12. The molecule has 0 spiro atoms. The smallest absolute Gasteiger partial charge is 0.374 e. The average molecular weight is 322 g/mol. The highest BCUT2D eigenvalue weighted by atomic mass is 16.5. The lowest BCUT2D eigenvalue weighted by atomic mass is 10.4. The molecule has 0 unspecified atom stereocenters. The Bertz CT molecular complexity index is 936. The first-order valence-electron chi connectivity index (χ1n) is 7.44. The minimum Gasteiger partial charge on any atom is -0.453 e. The van der Waals surface area contributed by atoms with E-state index in [1.54, 1.807) is 23.0 Å². The second-order valence-electron chi connectivity index (χ2n) is 5.24. The van der Waals surface area contributed by atoms with Crippen LogP contribution in [0.5, 0.6) is 0 Å². The first-order valence-corrected chi connectivity index (χ1v) is 7.44. The van der Waals surface area contributed by atoms with Gasteiger partial charge in [0.15, 0.2) is 0 Å². The Balaban J connectivity index is 1.40. The molecular formula is C17H14N4O3. The molecular weight excluding hydrogens is 308 g/mol. The largest absolute Gasteiger partial charge is 0.453 e. The number of rotatable bonds is 5. The Labute approximate surface area is 137 Å². The van der Waals surface area contributed by atoms with Gasteiger partial charge in [-0.25, -0.2) is 9.78 Å². The molecule has 0 N–H and O–H groups in total. The number of carbonyl (C=O) groups is 1. The maximum Gasteiger partial charge on any atom is 0.374 e. The third kappa shape index (κ3) is 2.91. The van der Waals surface area contributed by atoms with Crippen molar-refractivity contribution in [3.8, 4) is 0 Å². The minimum absolute atomic E-state index is 0.0930. The van der Waals surface area contributed by atoms with Crippen LogP contribution in [-0.2, 0) is 17.9 Å². The number of aromatic nitrogens is 4.